The van der Waals surface area contributed by atoms with Gasteiger partial charge >= 0.3 is 0 Å². The highest BCUT2D eigenvalue weighted by molar-refractivity contribution is 5.79. The molecule has 0 aliphatic carbocycles. The fourth-order valence-corrected chi connectivity index (χ4v) is 4.06. The minimum atomic E-state index is 0.210. The third-order valence-electron chi connectivity index (χ3n) is 5.64. The van der Waals surface area contributed by atoms with Crippen molar-refractivity contribution in [1.29, 1.82) is 5.26 Å². The number of hydrogen-bond acceptors (Lipinski definition) is 8. The van der Waals surface area contributed by atoms with E-state index in [9.17, 15) is 0 Å². The van der Waals surface area contributed by atoms with Crippen molar-refractivity contribution >= 4 is 16.7 Å². The molecule has 4 aromatic heterocycles. The Labute approximate surface area is 185 Å². The van der Waals surface area contributed by atoms with Gasteiger partial charge in [-0.05, 0) is 45.8 Å². The van der Waals surface area contributed by atoms with Gasteiger partial charge in [0.25, 0.3) is 0 Å². The molecule has 0 radical (unpaired) electrons. The summed E-state index contributed by atoms with van der Waals surface area (Å²) in [5.74, 6) is 1.74. The summed E-state index contributed by atoms with van der Waals surface area (Å²) < 4.78 is 7.41. The fraction of sp³-hybridized carbons (Fsp3) is 0.348. The molecule has 32 heavy (non-hydrogen) atoms. The summed E-state index contributed by atoms with van der Waals surface area (Å²) in [6, 6.07) is 8.06. The van der Waals surface area contributed by atoms with E-state index in [0.29, 0.717) is 28.7 Å². The summed E-state index contributed by atoms with van der Waals surface area (Å²) in [6.07, 6.45) is 7.14. The fourth-order valence-electron chi connectivity index (χ4n) is 4.06. The third kappa shape index (κ3) is 3.81. The van der Waals surface area contributed by atoms with Crippen molar-refractivity contribution < 1.29 is 4.52 Å². The lowest BCUT2D eigenvalue weighted by Crippen LogP contribution is -2.26. The number of fused-ring (bicyclic) bond motifs is 1. The van der Waals surface area contributed by atoms with Crippen LogP contribution in [0.4, 0.5) is 5.69 Å². The Balaban J connectivity index is 1.53. The molecule has 1 aliphatic rings. The first-order valence-corrected chi connectivity index (χ1v) is 10.8. The largest absolute Gasteiger partial charge is 0.382 e. The number of rotatable bonds is 5. The predicted octanol–water partition coefficient (Wildman–Crippen LogP) is 3.63. The van der Waals surface area contributed by atoms with E-state index in [0.717, 1.165) is 48.3 Å². The van der Waals surface area contributed by atoms with E-state index in [1.807, 2.05) is 12.1 Å². The zero-order valence-electron chi connectivity index (χ0n) is 18.0. The van der Waals surface area contributed by atoms with Gasteiger partial charge in [-0.15, -0.1) is 0 Å². The van der Waals surface area contributed by atoms with Crippen molar-refractivity contribution in [3.05, 3.63) is 48.0 Å². The van der Waals surface area contributed by atoms with Crippen molar-refractivity contribution in [1.82, 2.24) is 30.2 Å². The summed E-state index contributed by atoms with van der Waals surface area (Å²) in [5, 5.41) is 25.6. The molecule has 1 saturated heterocycles. The summed E-state index contributed by atoms with van der Waals surface area (Å²) in [5.41, 5.74) is 3.88. The van der Waals surface area contributed by atoms with E-state index in [-0.39, 0.29) is 6.04 Å². The second-order valence-electron chi connectivity index (χ2n) is 8.33. The Bertz CT molecular complexity index is 1290. The number of nitrogens with zero attached hydrogens (tertiary/aromatic N) is 6. The molecule has 0 saturated carbocycles. The zero-order valence-corrected chi connectivity index (χ0v) is 18.0. The molecule has 0 spiro atoms. The molecule has 1 aliphatic heterocycles. The van der Waals surface area contributed by atoms with Gasteiger partial charge in [-0.25, -0.2) is 9.97 Å². The van der Waals surface area contributed by atoms with Crippen LogP contribution >= 0.6 is 0 Å². The topological polar surface area (TPSA) is 117 Å². The van der Waals surface area contributed by atoms with Crippen LogP contribution in [0.15, 0.2) is 41.3 Å². The van der Waals surface area contributed by atoms with Gasteiger partial charge < -0.3 is 15.2 Å². The van der Waals surface area contributed by atoms with E-state index in [1.54, 1.807) is 29.3 Å². The molecule has 1 fully saturated rings. The van der Waals surface area contributed by atoms with Gasteiger partial charge in [-0.1, -0.05) is 5.16 Å². The molecule has 0 amide bonds. The van der Waals surface area contributed by atoms with Crippen molar-refractivity contribution in [3.8, 4) is 23.2 Å². The van der Waals surface area contributed by atoms with E-state index in [4.69, 9.17) is 9.78 Å². The molecule has 0 unspecified atom stereocenters. The Morgan fingerprint density at radius 1 is 1.16 bits per heavy atom. The van der Waals surface area contributed by atoms with Crippen LogP contribution in [0.1, 0.15) is 43.9 Å². The zero-order chi connectivity index (χ0) is 22.1. The molecule has 4 aromatic rings. The summed E-state index contributed by atoms with van der Waals surface area (Å²) in [4.78, 5) is 9.04. The van der Waals surface area contributed by atoms with Crippen LogP contribution in [-0.2, 0) is 0 Å². The summed E-state index contributed by atoms with van der Waals surface area (Å²) in [6.45, 7) is 6.17. The average Bonchev–Trinajstić information content (AvgIpc) is 3.46. The number of aromatic nitrogens is 5. The highest BCUT2D eigenvalue weighted by Gasteiger charge is 2.21. The van der Waals surface area contributed by atoms with E-state index in [2.05, 4.69) is 50.8 Å². The van der Waals surface area contributed by atoms with Gasteiger partial charge in [0.1, 0.15) is 6.07 Å². The molecule has 0 atom stereocenters. The summed E-state index contributed by atoms with van der Waals surface area (Å²) >= 11 is 0. The Morgan fingerprint density at radius 3 is 2.78 bits per heavy atom. The Morgan fingerprint density at radius 2 is 2.00 bits per heavy atom. The number of hydrogen-bond donors (Lipinski definition) is 2. The lowest BCUT2D eigenvalue weighted by molar-refractivity contribution is 0.392. The molecule has 9 nitrogen and oxygen atoms in total. The van der Waals surface area contributed by atoms with Gasteiger partial charge in [0.15, 0.2) is 17.2 Å². The van der Waals surface area contributed by atoms with Crippen LogP contribution in [0.25, 0.3) is 28.2 Å². The third-order valence-corrected chi connectivity index (χ3v) is 5.64. The van der Waals surface area contributed by atoms with Crippen molar-refractivity contribution in [3.63, 3.8) is 0 Å². The van der Waals surface area contributed by atoms with Gasteiger partial charge in [-0.3, -0.25) is 0 Å². The molecule has 5 rings (SSSR count). The first kappa shape index (κ1) is 20.2. The van der Waals surface area contributed by atoms with E-state index < -0.39 is 0 Å². The molecule has 5 heterocycles. The Hall–Kier alpha value is -3.77. The van der Waals surface area contributed by atoms with Crippen LogP contribution in [0.3, 0.4) is 0 Å². The first-order chi connectivity index (χ1) is 15.6. The second kappa shape index (κ2) is 8.40. The molecule has 0 aromatic carbocycles. The number of nitriles is 1. The van der Waals surface area contributed by atoms with Crippen LogP contribution < -0.4 is 10.6 Å². The monoisotopic (exact) mass is 428 g/mol. The number of pyridine rings is 2. The average molecular weight is 429 g/mol. The van der Waals surface area contributed by atoms with E-state index >= 15 is 0 Å². The van der Waals surface area contributed by atoms with Gasteiger partial charge in [0.2, 0.25) is 0 Å². The first-order valence-electron chi connectivity index (χ1n) is 10.8. The highest BCUT2D eigenvalue weighted by Crippen LogP contribution is 2.33. The minimum absolute atomic E-state index is 0.210. The molecular weight excluding hydrogens is 404 g/mol. The van der Waals surface area contributed by atoms with Gasteiger partial charge in [-0.2, -0.15) is 15.0 Å². The maximum atomic E-state index is 9.11. The standard InChI is InChI=1S/C23H24N8O/c1-14(2)29-20-9-22(31-23-17(12-28-31)7-15(10-24)11-27-23)26-13-18(20)21-8-19(30-32-21)16-3-5-25-6-4-16/h7-9,11-14,16,25H,3-6H2,1-2H3,(H,26,29). The normalized spacial score (nSPS) is 14.7. The smallest absolute Gasteiger partial charge is 0.170 e. The lowest BCUT2D eigenvalue weighted by atomic mass is 9.94. The molecular formula is C23H24N8O. The second-order valence-corrected chi connectivity index (χ2v) is 8.33. The van der Waals surface area contributed by atoms with Crippen LogP contribution in [0, 0.1) is 11.3 Å². The SMILES string of the molecule is CC(C)Nc1cc(-n2ncc3cc(C#N)cnc32)ncc1-c1cc(C2CCNCC2)no1. The molecule has 0 bridgehead atoms. The maximum Gasteiger partial charge on any atom is 0.170 e. The highest BCUT2D eigenvalue weighted by atomic mass is 16.5. The van der Waals surface area contributed by atoms with Crippen LogP contribution in [0.5, 0.6) is 0 Å². The maximum absolute atomic E-state index is 9.11. The number of nitrogens with one attached hydrogen (secondary N) is 2. The van der Waals surface area contributed by atoms with Gasteiger partial charge in [0.05, 0.1) is 28.7 Å². The number of anilines is 1. The predicted molar refractivity (Wildman–Crippen MR) is 120 cm³/mol. The molecule has 2 N–H and O–H groups in total. The van der Waals surface area contributed by atoms with Crippen molar-refractivity contribution in [2.45, 2.75) is 38.6 Å². The Kier molecular flexibility index (Phi) is 5.29. The quantitative estimate of drug-likeness (QED) is 0.495. The molecule has 9 heteroatoms. The van der Waals surface area contributed by atoms with Crippen molar-refractivity contribution in [2.24, 2.45) is 0 Å². The number of piperidine rings is 1. The van der Waals surface area contributed by atoms with Crippen molar-refractivity contribution in [2.75, 3.05) is 18.4 Å². The van der Waals surface area contributed by atoms with E-state index in [1.165, 1.54) is 0 Å². The molecule has 162 valence electrons. The summed E-state index contributed by atoms with van der Waals surface area (Å²) in [7, 11) is 0. The van der Waals surface area contributed by atoms with Crippen LogP contribution in [-0.4, -0.2) is 44.0 Å². The van der Waals surface area contributed by atoms with Crippen LogP contribution in [0.2, 0.25) is 0 Å². The van der Waals surface area contributed by atoms with Gasteiger partial charge in [0, 0.05) is 41.9 Å². The lowest BCUT2D eigenvalue weighted by Gasteiger charge is -2.19. The minimum Gasteiger partial charge on any atom is -0.382 e.